The number of methoxy groups -OCH3 is 1. The number of sulfonamides is 1. The molecule has 2 N–H and O–H groups in total. The second-order valence-electron chi connectivity index (χ2n) is 6.16. The monoisotopic (exact) mass is 392 g/mol. The summed E-state index contributed by atoms with van der Waals surface area (Å²) in [6.07, 6.45) is 0. The first kappa shape index (κ1) is 20.7. The molecule has 2 aromatic carbocycles. The quantitative estimate of drug-likeness (QED) is 0.683. The maximum absolute atomic E-state index is 12.4. The van der Waals surface area contributed by atoms with E-state index < -0.39 is 10.0 Å². The van der Waals surface area contributed by atoms with Crippen LogP contribution in [0.25, 0.3) is 0 Å². The molecule has 0 saturated heterocycles. The average Bonchev–Trinajstić information content (AvgIpc) is 2.62. The van der Waals surface area contributed by atoms with Gasteiger partial charge in [0.05, 0.1) is 11.5 Å². The minimum atomic E-state index is -3.70. The smallest absolute Gasteiger partial charge is 0.261 e. The third-order valence-electron chi connectivity index (χ3n) is 3.63. The summed E-state index contributed by atoms with van der Waals surface area (Å²) in [5, 5.41) is 2.72. The van der Waals surface area contributed by atoms with Gasteiger partial charge in [0.1, 0.15) is 5.75 Å². The number of rotatable bonds is 9. The van der Waals surface area contributed by atoms with E-state index in [4.69, 9.17) is 9.47 Å². The van der Waals surface area contributed by atoms with E-state index >= 15 is 0 Å². The van der Waals surface area contributed by atoms with Gasteiger partial charge in [0.15, 0.2) is 6.61 Å². The molecule has 0 aliphatic carbocycles. The Morgan fingerprint density at radius 2 is 1.70 bits per heavy atom. The highest BCUT2D eigenvalue weighted by molar-refractivity contribution is 7.92. The Hall–Kier alpha value is -2.58. The molecule has 2 rings (SSSR count). The fraction of sp³-hybridized carbons (Fsp3) is 0.316. The van der Waals surface area contributed by atoms with Crippen molar-refractivity contribution in [1.82, 2.24) is 5.32 Å². The van der Waals surface area contributed by atoms with Gasteiger partial charge in [-0.1, -0.05) is 17.7 Å². The molecule has 0 bridgehead atoms. The highest BCUT2D eigenvalue weighted by atomic mass is 32.2. The van der Waals surface area contributed by atoms with Crippen LogP contribution in [0.4, 0.5) is 5.69 Å². The maximum Gasteiger partial charge on any atom is 0.261 e. The normalized spacial score (nSPS) is 12.3. The minimum Gasteiger partial charge on any atom is -0.484 e. The lowest BCUT2D eigenvalue weighted by atomic mass is 10.2. The second-order valence-corrected chi connectivity index (χ2v) is 7.84. The molecule has 27 heavy (non-hydrogen) atoms. The van der Waals surface area contributed by atoms with Crippen LogP contribution >= 0.6 is 0 Å². The molecule has 1 atom stereocenters. The largest absolute Gasteiger partial charge is 0.484 e. The van der Waals surface area contributed by atoms with Crippen molar-refractivity contribution < 1.29 is 22.7 Å². The van der Waals surface area contributed by atoms with Crippen molar-refractivity contribution in [3.63, 3.8) is 0 Å². The summed E-state index contributed by atoms with van der Waals surface area (Å²) in [5.41, 5.74) is 1.53. The van der Waals surface area contributed by atoms with Gasteiger partial charge in [-0.25, -0.2) is 8.42 Å². The Labute approximate surface area is 159 Å². The van der Waals surface area contributed by atoms with Crippen LogP contribution in [-0.4, -0.2) is 40.7 Å². The fourth-order valence-electron chi connectivity index (χ4n) is 2.31. The third kappa shape index (κ3) is 6.58. The molecule has 8 heteroatoms. The summed E-state index contributed by atoms with van der Waals surface area (Å²) in [4.78, 5) is 11.9. The van der Waals surface area contributed by atoms with Crippen LogP contribution in [-0.2, 0) is 19.6 Å². The lowest BCUT2D eigenvalue weighted by Crippen LogP contribution is -2.38. The highest BCUT2D eigenvalue weighted by Gasteiger charge is 2.14. The number of nitrogens with one attached hydrogen (secondary N) is 2. The molecule has 1 amide bonds. The van der Waals surface area contributed by atoms with Crippen LogP contribution in [0.3, 0.4) is 0 Å². The van der Waals surface area contributed by atoms with Gasteiger partial charge in [-0.05, 0) is 50.2 Å². The van der Waals surface area contributed by atoms with Crippen molar-refractivity contribution in [2.75, 3.05) is 25.0 Å². The summed E-state index contributed by atoms with van der Waals surface area (Å²) in [5.74, 6) is 0.121. The van der Waals surface area contributed by atoms with Gasteiger partial charge >= 0.3 is 0 Å². The van der Waals surface area contributed by atoms with Crippen molar-refractivity contribution in [3.05, 3.63) is 54.1 Å². The maximum atomic E-state index is 12.4. The average molecular weight is 392 g/mol. The predicted molar refractivity (Wildman–Crippen MR) is 103 cm³/mol. The van der Waals surface area contributed by atoms with Crippen molar-refractivity contribution in [3.8, 4) is 5.75 Å². The van der Waals surface area contributed by atoms with Crippen molar-refractivity contribution in [1.29, 1.82) is 0 Å². The molecule has 0 fully saturated rings. The van der Waals surface area contributed by atoms with Crippen molar-refractivity contribution in [2.45, 2.75) is 24.8 Å². The van der Waals surface area contributed by atoms with E-state index in [1.807, 2.05) is 26.0 Å². The summed E-state index contributed by atoms with van der Waals surface area (Å²) in [6, 6.07) is 12.8. The van der Waals surface area contributed by atoms with Crippen LogP contribution in [0.5, 0.6) is 5.75 Å². The molecule has 7 nitrogen and oxygen atoms in total. The summed E-state index contributed by atoms with van der Waals surface area (Å²) < 4.78 is 37.7. The first-order valence-electron chi connectivity index (χ1n) is 8.41. The van der Waals surface area contributed by atoms with Crippen LogP contribution in [0.2, 0.25) is 0 Å². The number of carbonyl (C=O) groups excluding carboxylic acids is 1. The summed E-state index contributed by atoms with van der Waals surface area (Å²) in [7, 11) is -2.14. The first-order chi connectivity index (χ1) is 12.8. The van der Waals surface area contributed by atoms with Crippen molar-refractivity contribution in [2.24, 2.45) is 0 Å². The lowest BCUT2D eigenvalue weighted by molar-refractivity contribution is -0.124. The highest BCUT2D eigenvalue weighted by Crippen LogP contribution is 2.19. The fourth-order valence-corrected chi connectivity index (χ4v) is 3.37. The van der Waals surface area contributed by atoms with E-state index in [1.54, 1.807) is 19.2 Å². The van der Waals surface area contributed by atoms with Gasteiger partial charge < -0.3 is 14.8 Å². The number of carbonyl (C=O) groups is 1. The second kappa shape index (κ2) is 9.38. The minimum absolute atomic E-state index is 0.105. The van der Waals surface area contributed by atoms with E-state index in [1.165, 1.54) is 24.3 Å². The summed E-state index contributed by atoms with van der Waals surface area (Å²) >= 11 is 0. The molecular weight excluding hydrogens is 368 g/mol. The van der Waals surface area contributed by atoms with Crippen LogP contribution in [0.15, 0.2) is 53.4 Å². The van der Waals surface area contributed by atoms with Crippen LogP contribution < -0.4 is 14.8 Å². The molecule has 0 radical (unpaired) electrons. The zero-order chi connectivity index (χ0) is 19.9. The van der Waals surface area contributed by atoms with Gasteiger partial charge in [-0.3, -0.25) is 9.52 Å². The number of ether oxygens (including phenoxy) is 2. The van der Waals surface area contributed by atoms with Gasteiger partial charge in [-0.15, -0.1) is 0 Å². The Bertz CT molecular complexity index is 849. The molecule has 0 aromatic heterocycles. The zero-order valence-electron chi connectivity index (χ0n) is 15.6. The van der Waals surface area contributed by atoms with Crippen LogP contribution in [0, 0.1) is 6.92 Å². The molecule has 0 unspecified atom stereocenters. The van der Waals surface area contributed by atoms with Gasteiger partial charge in [0, 0.05) is 18.8 Å². The number of hydrogen-bond acceptors (Lipinski definition) is 5. The van der Waals surface area contributed by atoms with Crippen molar-refractivity contribution >= 4 is 21.6 Å². The van der Waals surface area contributed by atoms with E-state index in [9.17, 15) is 13.2 Å². The van der Waals surface area contributed by atoms with E-state index in [2.05, 4.69) is 10.0 Å². The number of benzene rings is 2. The number of hydrogen-bond donors (Lipinski definition) is 2. The SMILES string of the molecule is COC[C@H](C)NC(=O)COc1ccc(S(=O)(=O)Nc2ccc(C)cc2)cc1. The van der Waals surface area contributed by atoms with E-state index in [0.717, 1.165) is 5.56 Å². The Balaban J connectivity index is 1.93. The summed E-state index contributed by atoms with van der Waals surface area (Å²) in [6.45, 7) is 3.99. The van der Waals surface area contributed by atoms with Gasteiger partial charge in [0.2, 0.25) is 0 Å². The Morgan fingerprint density at radius 1 is 1.07 bits per heavy atom. The molecule has 0 spiro atoms. The van der Waals surface area contributed by atoms with E-state index in [0.29, 0.717) is 18.0 Å². The topological polar surface area (TPSA) is 93.7 Å². The zero-order valence-corrected chi connectivity index (χ0v) is 16.4. The molecule has 0 saturated carbocycles. The lowest BCUT2D eigenvalue weighted by Gasteiger charge is -2.13. The number of anilines is 1. The number of amides is 1. The Kier molecular flexibility index (Phi) is 7.20. The molecule has 146 valence electrons. The number of aryl methyl sites for hydroxylation is 1. The molecule has 0 aliphatic rings. The molecular formula is C19H24N2O5S. The first-order valence-corrected chi connectivity index (χ1v) is 9.89. The predicted octanol–water partition coefficient (Wildman–Crippen LogP) is 2.33. The van der Waals surface area contributed by atoms with Crippen LogP contribution in [0.1, 0.15) is 12.5 Å². The molecule has 2 aromatic rings. The standard InChI is InChI=1S/C19H24N2O5S/c1-14-4-6-16(7-5-14)21-27(23,24)18-10-8-17(9-11-18)26-13-19(22)20-15(2)12-25-3/h4-11,15,21H,12-13H2,1-3H3,(H,20,22)/t15-/m0/s1. The Morgan fingerprint density at radius 3 is 2.30 bits per heavy atom. The molecule has 0 heterocycles. The van der Waals surface area contributed by atoms with Gasteiger partial charge in [-0.2, -0.15) is 0 Å². The third-order valence-corrected chi connectivity index (χ3v) is 5.03. The molecule has 0 aliphatic heterocycles. The van der Waals surface area contributed by atoms with Gasteiger partial charge in [0.25, 0.3) is 15.9 Å². The van der Waals surface area contributed by atoms with E-state index in [-0.39, 0.29) is 23.5 Å².